The number of anilines is 1. The van der Waals surface area contributed by atoms with Crippen molar-refractivity contribution >= 4 is 5.82 Å². The second-order valence-corrected chi connectivity index (χ2v) is 6.49. The van der Waals surface area contributed by atoms with E-state index < -0.39 is 0 Å². The molecule has 6 heteroatoms. The van der Waals surface area contributed by atoms with Crippen LogP contribution in [0, 0.1) is 12.7 Å². The summed E-state index contributed by atoms with van der Waals surface area (Å²) in [5.41, 5.74) is 3.37. The van der Waals surface area contributed by atoms with Crippen LogP contribution in [-0.2, 0) is 0 Å². The highest BCUT2D eigenvalue weighted by Crippen LogP contribution is 2.29. The molecule has 1 N–H and O–H groups in total. The highest BCUT2D eigenvalue weighted by atomic mass is 19.1. The largest absolute Gasteiger partial charge is 0.356 e. The molecule has 3 heterocycles. The topological polar surface area (TPSA) is 57.7 Å². The Morgan fingerprint density at radius 2 is 2.00 bits per heavy atom. The van der Waals surface area contributed by atoms with Gasteiger partial charge in [0.25, 0.3) is 0 Å². The average Bonchev–Trinajstić information content (AvgIpc) is 3.19. The van der Waals surface area contributed by atoms with Gasteiger partial charge >= 0.3 is 0 Å². The molecule has 5 nitrogen and oxygen atoms in total. The molecule has 2 aromatic heterocycles. The van der Waals surface area contributed by atoms with Gasteiger partial charge < -0.3 is 9.88 Å². The molecule has 1 aromatic carbocycles. The van der Waals surface area contributed by atoms with Crippen molar-refractivity contribution in [3.8, 4) is 11.3 Å². The summed E-state index contributed by atoms with van der Waals surface area (Å²) in [5.74, 6) is 1.21. The molecule has 1 aliphatic rings. The Balaban J connectivity index is 1.51. The van der Waals surface area contributed by atoms with E-state index >= 15 is 0 Å². The number of imidazole rings is 1. The van der Waals surface area contributed by atoms with Gasteiger partial charge in [0.2, 0.25) is 0 Å². The molecule has 0 unspecified atom stereocenters. The molecule has 0 aliphatic carbocycles. The number of nitrogens with one attached hydrogen (secondary N) is 1. The van der Waals surface area contributed by atoms with E-state index in [1.54, 1.807) is 25.6 Å². The van der Waals surface area contributed by atoms with Gasteiger partial charge in [0.05, 0.1) is 12.0 Å². The summed E-state index contributed by atoms with van der Waals surface area (Å²) in [5, 5.41) is 0. The van der Waals surface area contributed by atoms with Gasteiger partial charge in [-0.3, -0.25) is 0 Å². The van der Waals surface area contributed by atoms with E-state index in [-0.39, 0.29) is 5.82 Å². The summed E-state index contributed by atoms with van der Waals surface area (Å²) < 4.78 is 13.8. The Morgan fingerprint density at radius 1 is 1.16 bits per heavy atom. The molecular formula is C19H20FN5. The van der Waals surface area contributed by atoms with E-state index in [0.717, 1.165) is 43.0 Å². The third kappa shape index (κ3) is 3.24. The van der Waals surface area contributed by atoms with Gasteiger partial charge in [-0.1, -0.05) is 12.1 Å². The first kappa shape index (κ1) is 15.7. The Morgan fingerprint density at radius 3 is 2.72 bits per heavy atom. The molecule has 128 valence electrons. The lowest BCUT2D eigenvalue weighted by molar-refractivity contribution is 0.495. The van der Waals surface area contributed by atoms with E-state index in [9.17, 15) is 4.39 Å². The summed E-state index contributed by atoms with van der Waals surface area (Å²) in [6, 6.07) is 7.16. The molecule has 1 fully saturated rings. The van der Waals surface area contributed by atoms with Crippen LogP contribution in [0.15, 0.2) is 43.1 Å². The molecule has 0 spiro atoms. The summed E-state index contributed by atoms with van der Waals surface area (Å²) in [4.78, 5) is 18.3. The van der Waals surface area contributed by atoms with Gasteiger partial charge in [0, 0.05) is 42.5 Å². The predicted octanol–water partition coefficient (Wildman–Crippen LogP) is 3.70. The lowest BCUT2D eigenvalue weighted by Gasteiger charge is -2.32. The molecular weight excluding hydrogens is 317 g/mol. The maximum atomic E-state index is 13.8. The van der Waals surface area contributed by atoms with Crippen LogP contribution in [0.4, 0.5) is 10.2 Å². The van der Waals surface area contributed by atoms with Gasteiger partial charge in [-0.25, -0.2) is 19.3 Å². The lowest BCUT2D eigenvalue weighted by atomic mass is 9.94. The van der Waals surface area contributed by atoms with E-state index in [1.165, 1.54) is 11.8 Å². The molecule has 0 radical (unpaired) electrons. The Labute approximate surface area is 146 Å². The van der Waals surface area contributed by atoms with Crippen molar-refractivity contribution in [2.75, 3.05) is 18.0 Å². The zero-order chi connectivity index (χ0) is 17.2. The number of aromatic amines is 1. The zero-order valence-corrected chi connectivity index (χ0v) is 14.1. The number of nitrogens with zero attached hydrogens (tertiary/aromatic N) is 4. The first-order chi connectivity index (χ1) is 12.2. The van der Waals surface area contributed by atoms with Gasteiger partial charge in [-0.15, -0.1) is 0 Å². The first-order valence-corrected chi connectivity index (χ1v) is 8.52. The van der Waals surface area contributed by atoms with Crippen molar-refractivity contribution in [3.63, 3.8) is 0 Å². The van der Waals surface area contributed by atoms with Gasteiger partial charge in [0.1, 0.15) is 18.0 Å². The second kappa shape index (κ2) is 6.63. The molecule has 1 aliphatic heterocycles. The number of halogens is 1. The molecule has 25 heavy (non-hydrogen) atoms. The molecule has 0 atom stereocenters. The molecule has 1 saturated heterocycles. The maximum Gasteiger partial charge on any atom is 0.132 e. The minimum atomic E-state index is -0.210. The Hall–Kier alpha value is -2.76. The molecule has 3 aromatic rings. The molecule has 0 amide bonds. The van der Waals surface area contributed by atoms with Crippen LogP contribution in [-0.4, -0.2) is 33.0 Å². The maximum absolute atomic E-state index is 13.8. The average molecular weight is 337 g/mol. The van der Waals surface area contributed by atoms with Crippen molar-refractivity contribution in [1.29, 1.82) is 0 Å². The van der Waals surface area contributed by atoms with Crippen LogP contribution in [0.5, 0.6) is 0 Å². The second-order valence-electron chi connectivity index (χ2n) is 6.49. The number of aryl methyl sites for hydroxylation is 1. The lowest BCUT2D eigenvalue weighted by Crippen LogP contribution is -2.33. The summed E-state index contributed by atoms with van der Waals surface area (Å²) in [6.45, 7) is 3.62. The normalized spacial score (nSPS) is 15.5. The standard InChI is InChI=1S/C19H20FN5/c1-13-2-3-15(8-16(13)20)17-9-19(24-12-23-17)25-6-4-14(5-7-25)18-10-21-11-22-18/h2-3,8-12,14H,4-7H2,1H3,(H,21,22). The fraction of sp³-hybridized carbons (Fsp3) is 0.316. The molecule has 0 bridgehead atoms. The number of aromatic nitrogens is 4. The van der Waals surface area contributed by atoms with Crippen LogP contribution in [0.25, 0.3) is 11.3 Å². The van der Waals surface area contributed by atoms with E-state index in [4.69, 9.17) is 0 Å². The highest BCUT2D eigenvalue weighted by Gasteiger charge is 2.22. The van der Waals surface area contributed by atoms with Crippen molar-refractivity contribution in [2.24, 2.45) is 0 Å². The van der Waals surface area contributed by atoms with E-state index in [1.807, 2.05) is 18.3 Å². The van der Waals surface area contributed by atoms with Crippen LogP contribution >= 0.6 is 0 Å². The fourth-order valence-electron chi connectivity index (χ4n) is 3.34. The monoisotopic (exact) mass is 337 g/mol. The van der Waals surface area contributed by atoms with Crippen LogP contribution < -0.4 is 4.90 Å². The number of benzene rings is 1. The quantitative estimate of drug-likeness (QED) is 0.792. The van der Waals surface area contributed by atoms with Gasteiger partial charge in [-0.05, 0) is 31.4 Å². The molecule has 4 rings (SSSR count). The van der Waals surface area contributed by atoms with Crippen LogP contribution in [0.2, 0.25) is 0 Å². The number of rotatable bonds is 3. The summed E-state index contributed by atoms with van der Waals surface area (Å²) >= 11 is 0. The summed E-state index contributed by atoms with van der Waals surface area (Å²) in [6.07, 6.45) is 7.32. The van der Waals surface area contributed by atoms with Crippen molar-refractivity contribution < 1.29 is 4.39 Å². The Kier molecular flexibility index (Phi) is 4.17. The summed E-state index contributed by atoms with van der Waals surface area (Å²) in [7, 11) is 0. The van der Waals surface area contributed by atoms with Crippen LogP contribution in [0.3, 0.4) is 0 Å². The highest BCUT2D eigenvalue weighted by molar-refractivity contribution is 5.63. The third-order valence-corrected chi connectivity index (χ3v) is 4.90. The molecule has 0 saturated carbocycles. The number of H-pyrrole nitrogens is 1. The zero-order valence-electron chi connectivity index (χ0n) is 14.1. The van der Waals surface area contributed by atoms with E-state index in [2.05, 4.69) is 24.8 Å². The third-order valence-electron chi connectivity index (χ3n) is 4.90. The van der Waals surface area contributed by atoms with Crippen molar-refractivity contribution in [1.82, 2.24) is 19.9 Å². The minimum Gasteiger partial charge on any atom is -0.356 e. The minimum absolute atomic E-state index is 0.210. The van der Waals surface area contributed by atoms with Gasteiger partial charge in [0.15, 0.2) is 0 Å². The van der Waals surface area contributed by atoms with Gasteiger partial charge in [-0.2, -0.15) is 0 Å². The fourth-order valence-corrected chi connectivity index (χ4v) is 3.34. The van der Waals surface area contributed by atoms with Crippen molar-refractivity contribution in [3.05, 3.63) is 60.2 Å². The van der Waals surface area contributed by atoms with Crippen molar-refractivity contribution in [2.45, 2.75) is 25.7 Å². The number of piperidine rings is 1. The first-order valence-electron chi connectivity index (χ1n) is 8.52. The number of hydrogen-bond donors (Lipinski definition) is 1. The van der Waals surface area contributed by atoms with E-state index in [0.29, 0.717) is 11.5 Å². The number of hydrogen-bond acceptors (Lipinski definition) is 4. The predicted molar refractivity (Wildman–Crippen MR) is 94.9 cm³/mol. The Bertz CT molecular complexity index is 854. The SMILES string of the molecule is Cc1ccc(-c2cc(N3CCC(c4cnc[nH]4)CC3)ncn2)cc1F. The van der Waals surface area contributed by atoms with Crippen LogP contribution in [0.1, 0.15) is 30.0 Å². The smallest absolute Gasteiger partial charge is 0.132 e.